The van der Waals surface area contributed by atoms with Gasteiger partial charge in [-0.3, -0.25) is 4.57 Å². The number of carbonyl (C=O) groups is 3. The zero-order chi connectivity index (χ0) is 24.2. The fraction of sp³-hybridized carbons (Fsp3) is 0.240. The molecule has 172 valence electrons. The smallest absolute Gasteiger partial charge is 0.418 e. The summed E-state index contributed by atoms with van der Waals surface area (Å²) in [6, 6.07) is 14.1. The Bertz CT molecular complexity index is 1310. The molecule has 2 aromatic carbocycles. The van der Waals surface area contributed by atoms with Crippen molar-refractivity contribution in [3.63, 3.8) is 0 Å². The van der Waals surface area contributed by atoms with Crippen molar-refractivity contribution in [1.29, 1.82) is 0 Å². The molecule has 0 bridgehead atoms. The second kappa shape index (κ2) is 9.60. The highest BCUT2D eigenvalue weighted by atomic mass is 16.6. The summed E-state index contributed by atoms with van der Waals surface area (Å²) in [4.78, 5) is 37.7. The molecule has 0 unspecified atom stereocenters. The lowest BCUT2D eigenvalue weighted by Crippen LogP contribution is -2.26. The van der Waals surface area contributed by atoms with Gasteiger partial charge in [-0.15, -0.1) is 0 Å². The van der Waals surface area contributed by atoms with Gasteiger partial charge < -0.3 is 19.2 Å². The van der Waals surface area contributed by atoms with E-state index < -0.39 is 17.7 Å². The fourth-order valence-electron chi connectivity index (χ4n) is 3.16. The molecule has 0 amide bonds. The van der Waals surface area contributed by atoms with E-state index >= 15 is 0 Å². The number of benzene rings is 2. The summed E-state index contributed by atoms with van der Waals surface area (Å²) in [6.45, 7) is 5.43. The Morgan fingerprint density at radius 3 is 2.03 bits per heavy atom. The molecule has 0 saturated carbocycles. The highest BCUT2D eigenvalue weighted by molar-refractivity contribution is 5.97. The topological polar surface area (TPSA) is 99.6 Å². The minimum absolute atomic E-state index is 0.303. The number of hydrogen-bond donors (Lipinski definition) is 1. The van der Waals surface area contributed by atoms with Crippen molar-refractivity contribution >= 4 is 39.8 Å². The molecule has 0 fully saturated rings. The van der Waals surface area contributed by atoms with E-state index in [2.05, 4.69) is 14.5 Å². The number of ether oxygens (including phenoxy) is 3. The van der Waals surface area contributed by atoms with Gasteiger partial charge in [0.2, 0.25) is 0 Å². The highest BCUT2D eigenvalue weighted by Crippen LogP contribution is 2.20. The molecule has 0 saturated heterocycles. The molecule has 8 heteroatoms. The van der Waals surface area contributed by atoms with E-state index in [1.54, 1.807) is 42.6 Å². The number of nitrogens with one attached hydrogen (secondary N) is 1. The van der Waals surface area contributed by atoms with Gasteiger partial charge in [-0.1, -0.05) is 0 Å². The Kier molecular flexibility index (Phi) is 6.86. The number of H-pyrrole nitrogens is 1. The average molecular weight is 450 g/mol. The number of rotatable bonds is 2. The van der Waals surface area contributed by atoms with Crippen LogP contribution in [0.2, 0.25) is 0 Å². The maximum atomic E-state index is 12.1. The van der Waals surface area contributed by atoms with Crippen molar-refractivity contribution in [3.8, 4) is 0 Å². The predicted molar refractivity (Wildman–Crippen MR) is 125 cm³/mol. The fourth-order valence-corrected chi connectivity index (χ4v) is 3.16. The van der Waals surface area contributed by atoms with Crippen LogP contribution in [0.1, 0.15) is 41.5 Å². The summed E-state index contributed by atoms with van der Waals surface area (Å²) in [6.07, 6.45) is 3.02. The number of carbonyl (C=O) groups excluding carboxylic acids is 3. The Morgan fingerprint density at radius 2 is 1.42 bits per heavy atom. The molecule has 0 aliphatic rings. The number of aromatic nitrogens is 2. The quantitative estimate of drug-likeness (QED) is 0.334. The van der Waals surface area contributed by atoms with Gasteiger partial charge in [0.15, 0.2) is 0 Å². The predicted octanol–water partition coefficient (Wildman–Crippen LogP) is 5.17. The van der Waals surface area contributed by atoms with Gasteiger partial charge in [0, 0.05) is 28.7 Å². The van der Waals surface area contributed by atoms with Gasteiger partial charge in [0.05, 0.1) is 30.9 Å². The zero-order valence-corrected chi connectivity index (χ0v) is 19.2. The van der Waals surface area contributed by atoms with Crippen molar-refractivity contribution < 1.29 is 28.6 Å². The van der Waals surface area contributed by atoms with Crippen molar-refractivity contribution in [1.82, 2.24) is 9.55 Å². The van der Waals surface area contributed by atoms with Crippen molar-refractivity contribution in [2.75, 3.05) is 14.2 Å². The Morgan fingerprint density at radius 1 is 0.818 bits per heavy atom. The van der Waals surface area contributed by atoms with Crippen molar-refractivity contribution in [2.24, 2.45) is 0 Å². The molecule has 8 nitrogen and oxygen atoms in total. The maximum absolute atomic E-state index is 12.1. The van der Waals surface area contributed by atoms with E-state index in [9.17, 15) is 14.4 Å². The molecule has 0 radical (unpaired) electrons. The van der Waals surface area contributed by atoms with Crippen molar-refractivity contribution in [2.45, 2.75) is 26.4 Å². The van der Waals surface area contributed by atoms with E-state index in [0.29, 0.717) is 16.6 Å². The number of methoxy groups -OCH3 is 2. The van der Waals surface area contributed by atoms with Gasteiger partial charge in [-0.05, 0) is 69.3 Å². The molecule has 4 aromatic rings. The van der Waals surface area contributed by atoms with Crippen LogP contribution in [0.15, 0.2) is 60.9 Å². The van der Waals surface area contributed by atoms with Gasteiger partial charge in [-0.2, -0.15) is 0 Å². The van der Waals surface area contributed by atoms with Crippen LogP contribution in [-0.4, -0.2) is 47.4 Å². The molecule has 0 atom stereocenters. The van der Waals surface area contributed by atoms with Crippen LogP contribution in [0, 0.1) is 0 Å². The standard InChI is InChI=1S/C15H17NO4.C10H9NO2/c1-15(2,3)20-14(18)16-8-7-10-9-11(13(17)19-4)5-6-12(10)16;1-13-10(12)8-2-3-9-7(6-8)4-5-11-9/h5-9H,1-4H3;2-6,11H,1H3. The highest BCUT2D eigenvalue weighted by Gasteiger charge is 2.19. The zero-order valence-electron chi connectivity index (χ0n) is 19.2. The van der Waals surface area contributed by atoms with Crippen LogP contribution >= 0.6 is 0 Å². The lowest BCUT2D eigenvalue weighted by molar-refractivity contribution is 0.0542. The van der Waals surface area contributed by atoms with Crippen LogP contribution in [0.4, 0.5) is 4.79 Å². The summed E-state index contributed by atoms with van der Waals surface area (Å²) < 4.78 is 16.0. The first kappa shape index (κ1) is 23.6. The molecule has 2 heterocycles. The summed E-state index contributed by atoms with van der Waals surface area (Å²) in [5.41, 5.74) is 2.18. The second-order valence-electron chi connectivity index (χ2n) is 8.20. The largest absolute Gasteiger partial charge is 0.465 e. The van der Waals surface area contributed by atoms with Crippen LogP contribution in [0.5, 0.6) is 0 Å². The number of nitrogens with zero attached hydrogens (tertiary/aromatic N) is 1. The summed E-state index contributed by atoms with van der Waals surface area (Å²) in [7, 11) is 2.71. The molecule has 0 spiro atoms. The molecular formula is C25H26N2O6. The monoisotopic (exact) mass is 450 g/mol. The summed E-state index contributed by atoms with van der Waals surface area (Å²) in [5.74, 6) is -0.708. The third-order valence-corrected chi connectivity index (χ3v) is 4.68. The SMILES string of the molecule is COC(=O)c1ccc2[nH]ccc2c1.COC(=O)c1ccc2c(ccn2C(=O)OC(C)(C)C)c1. The van der Waals surface area contributed by atoms with Crippen molar-refractivity contribution in [3.05, 3.63) is 72.1 Å². The third-order valence-electron chi connectivity index (χ3n) is 4.68. The average Bonchev–Trinajstić information content (AvgIpc) is 3.43. The third kappa shape index (κ3) is 5.60. The molecule has 4 rings (SSSR count). The van der Waals surface area contributed by atoms with Gasteiger partial charge in [0.25, 0.3) is 0 Å². The first-order valence-electron chi connectivity index (χ1n) is 10.2. The maximum Gasteiger partial charge on any atom is 0.418 e. The second-order valence-corrected chi connectivity index (χ2v) is 8.20. The molecule has 0 aliphatic heterocycles. The van der Waals surface area contributed by atoms with Crippen LogP contribution in [-0.2, 0) is 14.2 Å². The number of esters is 2. The van der Waals surface area contributed by atoms with Gasteiger partial charge in [-0.25, -0.2) is 14.4 Å². The molecule has 33 heavy (non-hydrogen) atoms. The lowest BCUT2D eigenvalue weighted by atomic mass is 10.1. The molecule has 0 aliphatic carbocycles. The Hall–Kier alpha value is -4.07. The summed E-state index contributed by atoms with van der Waals surface area (Å²) in [5, 5.41) is 1.79. The van der Waals surface area contributed by atoms with Crippen LogP contribution < -0.4 is 0 Å². The minimum atomic E-state index is -0.556. The first-order valence-corrected chi connectivity index (χ1v) is 10.2. The van der Waals surface area contributed by atoms with Crippen LogP contribution in [0.25, 0.3) is 21.8 Å². The summed E-state index contributed by atoms with van der Waals surface area (Å²) >= 11 is 0. The Balaban J connectivity index is 0.000000203. The normalized spacial score (nSPS) is 10.9. The van der Waals surface area contributed by atoms with E-state index in [4.69, 9.17) is 4.74 Å². The first-order chi connectivity index (χ1) is 15.6. The number of hydrogen-bond acceptors (Lipinski definition) is 6. The molecular weight excluding hydrogens is 424 g/mol. The van der Waals surface area contributed by atoms with E-state index in [0.717, 1.165) is 16.3 Å². The van der Waals surface area contributed by atoms with Crippen LogP contribution in [0.3, 0.4) is 0 Å². The molecule has 1 N–H and O–H groups in total. The molecule has 2 aromatic heterocycles. The lowest BCUT2D eigenvalue weighted by Gasteiger charge is -2.19. The van der Waals surface area contributed by atoms with E-state index in [1.165, 1.54) is 18.8 Å². The number of aromatic amines is 1. The van der Waals surface area contributed by atoms with Gasteiger partial charge in [0.1, 0.15) is 5.60 Å². The van der Waals surface area contributed by atoms with E-state index in [-0.39, 0.29) is 5.97 Å². The van der Waals surface area contributed by atoms with E-state index in [1.807, 2.05) is 39.1 Å². The Labute approximate surface area is 191 Å². The number of fused-ring (bicyclic) bond motifs is 2. The van der Waals surface area contributed by atoms with Gasteiger partial charge >= 0.3 is 18.0 Å². The minimum Gasteiger partial charge on any atom is -0.465 e.